The molecule has 2 atom stereocenters. The molecule has 7 heteroatoms. The van der Waals surface area contributed by atoms with Gasteiger partial charge in [0.1, 0.15) is 0 Å². The lowest BCUT2D eigenvalue weighted by Gasteiger charge is -2.39. The second-order valence-corrected chi connectivity index (χ2v) is 10.4. The number of aromatic amines is 1. The minimum absolute atomic E-state index is 0.221. The molecular formula is C18H24N4OS2. The summed E-state index contributed by atoms with van der Waals surface area (Å²) >= 11 is 3.05. The Morgan fingerprint density at radius 2 is 2.28 bits per heavy atom. The molecule has 2 aromatic rings. The summed E-state index contributed by atoms with van der Waals surface area (Å²) < 4.78 is 0. The molecule has 0 spiro atoms. The average molecular weight is 377 g/mol. The number of hydrogen-bond donors (Lipinski definition) is 1. The second kappa shape index (κ2) is 6.13. The van der Waals surface area contributed by atoms with Crippen molar-refractivity contribution in [2.24, 2.45) is 10.8 Å². The molecule has 5 nitrogen and oxygen atoms in total. The van der Waals surface area contributed by atoms with Crippen LogP contribution in [0, 0.1) is 10.8 Å². The van der Waals surface area contributed by atoms with Crippen molar-refractivity contribution in [3.63, 3.8) is 0 Å². The molecule has 2 fully saturated rings. The van der Waals surface area contributed by atoms with Crippen LogP contribution in [-0.4, -0.2) is 44.3 Å². The number of carbonyl (C=O) groups excluding carboxylic acids is 1. The Balaban J connectivity index is 1.38. The fourth-order valence-corrected chi connectivity index (χ4v) is 6.14. The van der Waals surface area contributed by atoms with E-state index in [0.29, 0.717) is 22.4 Å². The number of nitrogens with zero attached hydrogens (tertiary/aromatic N) is 3. The molecule has 2 aliphatic rings. The van der Waals surface area contributed by atoms with Gasteiger partial charge in [0.25, 0.3) is 0 Å². The molecule has 134 valence electrons. The number of hydrogen-bond acceptors (Lipinski definition) is 5. The van der Waals surface area contributed by atoms with E-state index in [1.165, 1.54) is 18.2 Å². The predicted molar refractivity (Wildman–Crippen MR) is 102 cm³/mol. The van der Waals surface area contributed by atoms with Gasteiger partial charge in [0, 0.05) is 12.6 Å². The molecule has 2 aromatic heterocycles. The summed E-state index contributed by atoms with van der Waals surface area (Å²) in [6.07, 6.45) is 3.47. The first-order valence-electron chi connectivity index (χ1n) is 8.72. The van der Waals surface area contributed by atoms with Crippen LogP contribution < -0.4 is 0 Å². The summed E-state index contributed by atoms with van der Waals surface area (Å²) in [6, 6.07) is 4.40. The van der Waals surface area contributed by atoms with Gasteiger partial charge in [0.15, 0.2) is 5.82 Å². The highest BCUT2D eigenvalue weighted by Gasteiger charge is 2.50. The smallest absolute Gasteiger partial charge is 0.233 e. The molecule has 1 amide bonds. The quantitative estimate of drug-likeness (QED) is 0.818. The molecule has 1 saturated heterocycles. The van der Waals surface area contributed by atoms with E-state index in [-0.39, 0.29) is 11.3 Å². The van der Waals surface area contributed by atoms with Gasteiger partial charge in [-0.05, 0) is 41.5 Å². The predicted octanol–water partition coefficient (Wildman–Crippen LogP) is 4.05. The third kappa shape index (κ3) is 3.49. The molecule has 3 heterocycles. The molecule has 2 bridgehead atoms. The van der Waals surface area contributed by atoms with Crippen LogP contribution in [0.5, 0.6) is 0 Å². The van der Waals surface area contributed by atoms with Crippen LogP contribution in [0.3, 0.4) is 0 Å². The molecular weight excluding hydrogens is 352 g/mol. The number of fused-ring (bicyclic) bond motifs is 2. The van der Waals surface area contributed by atoms with E-state index in [1.54, 1.807) is 11.3 Å². The van der Waals surface area contributed by atoms with E-state index in [2.05, 4.69) is 40.9 Å². The number of thiophene rings is 1. The van der Waals surface area contributed by atoms with Crippen LogP contribution in [0.4, 0.5) is 0 Å². The Hall–Kier alpha value is -1.34. The van der Waals surface area contributed by atoms with Crippen LogP contribution in [0.25, 0.3) is 10.7 Å². The van der Waals surface area contributed by atoms with E-state index < -0.39 is 0 Å². The molecule has 1 N–H and O–H groups in total. The van der Waals surface area contributed by atoms with Crippen molar-refractivity contribution in [2.45, 2.75) is 51.2 Å². The number of carbonyl (C=O) groups is 1. The lowest BCUT2D eigenvalue weighted by molar-refractivity contribution is -0.129. The van der Waals surface area contributed by atoms with Gasteiger partial charge < -0.3 is 4.90 Å². The third-order valence-electron chi connectivity index (χ3n) is 5.28. The Kier molecular flexibility index (Phi) is 4.19. The standard InChI is InChI=1S/C18H24N4OS2/c1-17(2)7-12-8-18(3,10-17)11-22(12)14(23)9-25-16-19-15(20-21-16)13-5-4-6-24-13/h4-6,12H,7-11H2,1-3H3,(H,19,20,21)/t12-,18-/m0/s1. The van der Waals surface area contributed by atoms with Crippen LogP contribution >= 0.6 is 23.1 Å². The van der Waals surface area contributed by atoms with Gasteiger partial charge in [0.05, 0.1) is 10.6 Å². The normalized spacial score (nSPS) is 27.6. The van der Waals surface area contributed by atoms with Crippen molar-refractivity contribution in [1.29, 1.82) is 0 Å². The summed E-state index contributed by atoms with van der Waals surface area (Å²) in [5.41, 5.74) is 0.614. The zero-order chi connectivity index (χ0) is 17.7. The van der Waals surface area contributed by atoms with Crippen LogP contribution in [0.1, 0.15) is 40.0 Å². The number of amides is 1. The Labute approximate surface area is 156 Å². The molecule has 1 saturated carbocycles. The summed E-state index contributed by atoms with van der Waals surface area (Å²) in [6.45, 7) is 7.90. The molecule has 0 aromatic carbocycles. The Bertz CT molecular complexity index is 770. The van der Waals surface area contributed by atoms with Crippen molar-refractivity contribution >= 4 is 29.0 Å². The van der Waals surface area contributed by atoms with E-state index in [0.717, 1.165) is 30.1 Å². The highest BCUT2D eigenvalue weighted by Crippen LogP contribution is 2.52. The van der Waals surface area contributed by atoms with Gasteiger partial charge in [-0.2, -0.15) is 0 Å². The fourth-order valence-electron chi connectivity index (χ4n) is 4.80. The van der Waals surface area contributed by atoms with E-state index >= 15 is 0 Å². The maximum absolute atomic E-state index is 12.8. The number of thioether (sulfide) groups is 1. The lowest BCUT2D eigenvalue weighted by atomic mass is 9.65. The first kappa shape index (κ1) is 17.1. The van der Waals surface area contributed by atoms with Crippen molar-refractivity contribution in [1.82, 2.24) is 20.1 Å². The van der Waals surface area contributed by atoms with Crippen molar-refractivity contribution in [3.05, 3.63) is 17.5 Å². The molecule has 0 unspecified atom stereocenters. The molecule has 0 radical (unpaired) electrons. The monoisotopic (exact) mass is 376 g/mol. The largest absolute Gasteiger partial charge is 0.338 e. The third-order valence-corrected chi connectivity index (χ3v) is 6.99. The summed E-state index contributed by atoms with van der Waals surface area (Å²) in [4.78, 5) is 20.5. The van der Waals surface area contributed by atoms with E-state index in [1.807, 2.05) is 17.5 Å². The van der Waals surface area contributed by atoms with Gasteiger partial charge in [-0.25, -0.2) is 4.98 Å². The lowest BCUT2D eigenvalue weighted by Crippen LogP contribution is -2.38. The Morgan fingerprint density at radius 3 is 3.04 bits per heavy atom. The molecule has 1 aliphatic carbocycles. The maximum atomic E-state index is 12.8. The van der Waals surface area contributed by atoms with Crippen molar-refractivity contribution < 1.29 is 4.79 Å². The maximum Gasteiger partial charge on any atom is 0.233 e. The summed E-state index contributed by atoms with van der Waals surface area (Å²) in [7, 11) is 0. The van der Waals surface area contributed by atoms with Crippen LogP contribution in [0.2, 0.25) is 0 Å². The zero-order valence-corrected chi connectivity index (χ0v) is 16.5. The van der Waals surface area contributed by atoms with Gasteiger partial charge in [-0.3, -0.25) is 9.89 Å². The first-order valence-corrected chi connectivity index (χ1v) is 10.6. The number of likely N-dealkylation sites (tertiary alicyclic amines) is 1. The number of aromatic nitrogens is 3. The first-order chi connectivity index (χ1) is 11.8. The number of H-pyrrole nitrogens is 1. The van der Waals surface area contributed by atoms with E-state index in [4.69, 9.17) is 0 Å². The highest BCUT2D eigenvalue weighted by atomic mass is 32.2. The number of nitrogens with one attached hydrogen (secondary N) is 1. The van der Waals surface area contributed by atoms with Crippen LogP contribution in [0.15, 0.2) is 22.7 Å². The topological polar surface area (TPSA) is 61.9 Å². The second-order valence-electron chi connectivity index (χ2n) is 8.47. The molecule has 4 rings (SSSR count). The Morgan fingerprint density at radius 1 is 1.44 bits per heavy atom. The van der Waals surface area contributed by atoms with Gasteiger partial charge in [-0.15, -0.1) is 16.4 Å². The fraction of sp³-hybridized carbons (Fsp3) is 0.611. The minimum Gasteiger partial charge on any atom is -0.338 e. The summed E-state index contributed by atoms with van der Waals surface area (Å²) in [5.74, 6) is 1.41. The van der Waals surface area contributed by atoms with Gasteiger partial charge in [-0.1, -0.05) is 38.6 Å². The van der Waals surface area contributed by atoms with Crippen molar-refractivity contribution in [2.75, 3.05) is 12.3 Å². The minimum atomic E-state index is 0.221. The van der Waals surface area contributed by atoms with E-state index in [9.17, 15) is 4.79 Å². The van der Waals surface area contributed by atoms with Crippen LogP contribution in [-0.2, 0) is 4.79 Å². The SMILES string of the molecule is CC1(C)C[C@H]2C[C@](C)(CN2C(=O)CSc2n[nH]c(-c3cccs3)n2)C1. The van der Waals surface area contributed by atoms with Crippen molar-refractivity contribution in [3.8, 4) is 10.7 Å². The number of rotatable bonds is 4. The average Bonchev–Trinajstić information content (AvgIpc) is 3.22. The molecule has 1 aliphatic heterocycles. The van der Waals surface area contributed by atoms with Gasteiger partial charge in [0.2, 0.25) is 11.1 Å². The summed E-state index contributed by atoms with van der Waals surface area (Å²) in [5, 5.41) is 9.86. The van der Waals surface area contributed by atoms with Gasteiger partial charge >= 0.3 is 0 Å². The molecule has 25 heavy (non-hydrogen) atoms. The zero-order valence-electron chi connectivity index (χ0n) is 14.9. The highest BCUT2D eigenvalue weighted by molar-refractivity contribution is 7.99.